The summed E-state index contributed by atoms with van der Waals surface area (Å²) in [6.07, 6.45) is 1.04. The van der Waals surface area contributed by atoms with Crippen molar-refractivity contribution in [2.24, 2.45) is 0 Å². The summed E-state index contributed by atoms with van der Waals surface area (Å²) in [4.78, 5) is 11.9. The van der Waals surface area contributed by atoms with Crippen LogP contribution in [0.2, 0.25) is 0 Å². The van der Waals surface area contributed by atoms with Crippen LogP contribution in [0.25, 0.3) is 0 Å². The minimum Gasteiger partial charge on any atom is -0.423 e. The molecule has 1 amide bonds. The lowest BCUT2D eigenvalue weighted by atomic mass is 10.2. The minimum atomic E-state index is -2.78. The van der Waals surface area contributed by atoms with Crippen LogP contribution in [0.4, 0.5) is 8.78 Å². The van der Waals surface area contributed by atoms with E-state index >= 15 is 0 Å². The number of carbonyl (C=O) groups is 1. The second-order valence-electron chi connectivity index (χ2n) is 4.79. The monoisotopic (exact) mass is 299 g/mol. The number of halogens is 2. The van der Waals surface area contributed by atoms with Crippen molar-refractivity contribution in [1.82, 2.24) is 25.3 Å². The molecule has 2 rings (SSSR count). The SMILES string of the molecule is CC(C)c1nnc(C(C)NC(=O)c2ccn(C(F)F)n2)o1. The topological polar surface area (TPSA) is 85.8 Å². The van der Waals surface area contributed by atoms with Gasteiger partial charge in [0.1, 0.15) is 11.7 Å². The third-order valence-electron chi connectivity index (χ3n) is 2.71. The molecule has 1 N–H and O–H groups in total. The summed E-state index contributed by atoms with van der Waals surface area (Å²) in [5.74, 6) is 0.204. The van der Waals surface area contributed by atoms with Gasteiger partial charge in [0.25, 0.3) is 5.91 Å². The third kappa shape index (κ3) is 3.41. The molecule has 1 atom stereocenters. The maximum absolute atomic E-state index is 12.4. The third-order valence-corrected chi connectivity index (χ3v) is 2.71. The minimum absolute atomic E-state index is 0.0795. The lowest BCUT2D eigenvalue weighted by molar-refractivity contribution is 0.0559. The summed E-state index contributed by atoms with van der Waals surface area (Å²) in [6, 6.07) is 0.663. The molecule has 7 nitrogen and oxygen atoms in total. The Kier molecular flexibility index (Phi) is 4.29. The lowest BCUT2D eigenvalue weighted by Gasteiger charge is -2.08. The van der Waals surface area contributed by atoms with Gasteiger partial charge in [-0.1, -0.05) is 13.8 Å². The summed E-state index contributed by atoms with van der Waals surface area (Å²) in [7, 11) is 0. The number of hydrogen-bond acceptors (Lipinski definition) is 5. The van der Waals surface area contributed by atoms with E-state index in [1.54, 1.807) is 6.92 Å². The first-order valence-electron chi connectivity index (χ1n) is 6.36. The van der Waals surface area contributed by atoms with Crippen molar-refractivity contribution in [3.63, 3.8) is 0 Å². The summed E-state index contributed by atoms with van der Waals surface area (Å²) in [5, 5.41) is 13.7. The van der Waals surface area contributed by atoms with Crippen LogP contribution in [0, 0.1) is 0 Å². The predicted octanol–water partition coefficient (Wildman–Crippen LogP) is 2.28. The standard InChI is InChI=1S/C12H15F2N5O2/c1-6(2)10-16-17-11(21-10)7(3)15-9(20)8-4-5-19(18-8)12(13)14/h4-7,12H,1-3H3,(H,15,20). The normalized spacial score (nSPS) is 12.9. The van der Waals surface area contributed by atoms with Crippen molar-refractivity contribution in [3.05, 3.63) is 29.7 Å². The zero-order chi connectivity index (χ0) is 15.6. The fourth-order valence-corrected chi connectivity index (χ4v) is 1.55. The van der Waals surface area contributed by atoms with E-state index in [1.807, 2.05) is 13.8 Å². The average Bonchev–Trinajstić information content (AvgIpc) is 3.08. The van der Waals surface area contributed by atoms with Gasteiger partial charge in [0.2, 0.25) is 11.8 Å². The van der Waals surface area contributed by atoms with Crippen LogP contribution in [0.5, 0.6) is 0 Å². The number of rotatable bonds is 5. The fraction of sp³-hybridized carbons (Fsp3) is 0.500. The molecule has 0 spiro atoms. The van der Waals surface area contributed by atoms with Gasteiger partial charge in [-0.05, 0) is 13.0 Å². The second-order valence-corrected chi connectivity index (χ2v) is 4.79. The van der Waals surface area contributed by atoms with Gasteiger partial charge < -0.3 is 9.73 Å². The molecule has 21 heavy (non-hydrogen) atoms. The van der Waals surface area contributed by atoms with E-state index in [0.29, 0.717) is 10.6 Å². The van der Waals surface area contributed by atoms with Crippen molar-refractivity contribution in [3.8, 4) is 0 Å². The number of nitrogens with zero attached hydrogens (tertiary/aromatic N) is 4. The van der Waals surface area contributed by atoms with Gasteiger partial charge in [-0.15, -0.1) is 10.2 Å². The zero-order valence-electron chi connectivity index (χ0n) is 11.7. The van der Waals surface area contributed by atoms with Crippen LogP contribution >= 0.6 is 0 Å². The Morgan fingerprint density at radius 1 is 1.29 bits per heavy atom. The van der Waals surface area contributed by atoms with Crippen LogP contribution in [0.1, 0.15) is 61.6 Å². The lowest BCUT2D eigenvalue weighted by Crippen LogP contribution is -2.27. The van der Waals surface area contributed by atoms with Gasteiger partial charge in [0.15, 0.2) is 0 Å². The molecule has 2 aromatic heterocycles. The quantitative estimate of drug-likeness (QED) is 0.915. The molecule has 0 aliphatic heterocycles. The molecule has 0 bridgehead atoms. The van der Waals surface area contributed by atoms with Crippen molar-refractivity contribution in [2.45, 2.75) is 39.3 Å². The predicted molar refractivity (Wildman–Crippen MR) is 67.7 cm³/mol. The number of amides is 1. The van der Waals surface area contributed by atoms with Crippen molar-refractivity contribution in [1.29, 1.82) is 0 Å². The molecular weight excluding hydrogens is 284 g/mol. The first kappa shape index (κ1) is 15.1. The van der Waals surface area contributed by atoms with E-state index in [0.717, 1.165) is 6.20 Å². The molecule has 0 fully saturated rings. The highest BCUT2D eigenvalue weighted by Gasteiger charge is 2.20. The smallest absolute Gasteiger partial charge is 0.333 e. The van der Waals surface area contributed by atoms with E-state index in [4.69, 9.17) is 4.42 Å². The van der Waals surface area contributed by atoms with E-state index in [9.17, 15) is 13.6 Å². The first-order chi connectivity index (χ1) is 9.88. The molecule has 1 unspecified atom stereocenters. The molecule has 0 aliphatic rings. The van der Waals surface area contributed by atoms with Crippen LogP contribution in [0.15, 0.2) is 16.7 Å². The highest BCUT2D eigenvalue weighted by atomic mass is 19.3. The van der Waals surface area contributed by atoms with Gasteiger partial charge in [0, 0.05) is 12.1 Å². The summed E-state index contributed by atoms with van der Waals surface area (Å²) >= 11 is 0. The fourth-order valence-electron chi connectivity index (χ4n) is 1.55. The molecule has 9 heteroatoms. The van der Waals surface area contributed by atoms with Crippen LogP contribution in [-0.2, 0) is 0 Å². The molecule has 0 aromatic carbocycles. The molecule has 2 aromatic rings. The van der Waals surface area contributed by atoms with Gasteiger partial charge in [0.05, 0.1) is 0 Å². The maximum atomic E-state index is 12.4. The Balaban J connectivity index is 2.03. The van der Waals surface area contributed by atoms with Crippen molar-refractivity contribution >= 4 is 5.91 Å². The Morgan fingerprint density at radius 2 is 1.95 bits per heavy atom. The molecule has 0 aliphatic carbocycles. The number of nitrogens with one attached hydrogen (secondary N) is 1. The van der Waals surface area contributed by atoms with E-state index in [1.165, 1.54) is 6.07 Å². The molecule has 0 saturated heterocycles. The highest BCUT2D eigenvalue weighted by Crippen LogP contribution is 2.17. The van der Waals surface area contributed by atoms with Crippen LogP contribution in [-0.4, -0.2) is 25.9 Å². The van der Waals surface area contributed by atoms with Gasteiger partial charge >= 0.3 is 6.55 Å². The molecular formula is C12H15F2N5O2. The highest BCUT2D eigenvalue weighted by molar-refractivity contribution is 5.92. The van der Waals surface area contributed by atoms with Crippen LogP contribution in [0.3, 0.4) is 0 Å². The Hall–Kier alpha value is -2.32. The number of aromatic nitrogens is 4. The Bertz CT molecular complexity index is 623. The van der Waals surface area contributed by atoms with E-state index < -0.39 is 18.5 Å². The van der Waals surface area contributed by atoms with Crippen molar-refractivity contribution < 1.29 is 18.0 Å². The number of hydrogen-bond donors (Lipinski definition) is 1. The van der Waals surface area contributed by atoms with Crippen molar-refractivity contribution in [2.75, 3.05) is 0 Å². The van der Waals surface area contributed by atoms with E-state index in [2.05, 4.69) is 20.6 Å². The average molecular weight is 299 g/mol. The Morgan fingerprint density at radius 3 is 2.48 bits per heavy atom. The maximum Gasteiger partial charge on any atom is 0.333 e. The molecule has 2 heterocycles. The number of carbonyl (C=O) groups excluding carboxylic acids is 1. The van der Waals surface area contributed by atoms with E-state index in [-0.39, 0.29) is 17.5 Å². The van der Waals surface area contributed by atoms with Gasteiger partial charge in [-0.2, -0.15) is 13.9 Å². The Labute approximate surface area is 119 Å². The van der Waals surface area contributed by atoms with Gasteiger partial charge in [-0.25, -0.2) is 4.68 Å². The van der Waals surface area contributed by atoms with Crippen LogP contribution < -0.4 is 5.32 Å². The summed E-state index contributed by atoms with van der Waals surface area (Å²) in [6.45, 7) is 2.67. The summed E-state index contributed by atoms with van der Waals surface area (Å²) in [5.41, 5.74) is -0.106. The van der Waals surface area contributed by atoms with Gasteiger partial charge in [-0.3, -0.25) is 4.79 Å². The second kappa shape index (κ2) is 5.98. The summed E-state index contributed by atoms with van der Waals surface area (Å²) < 4.78 is 30.6. The first-order valence-corrected chi connectivity index (χ1v) is 6.36. The molecule has 0 saturated carbocycles. The number of alkyl halides is 2. The zero-order valence-corrected chi connectivity index (χ0v) is 11.7. The molecule has 0 radical (unpaired) electrons. The molecule has 114 valence electrons. The largest absolute Gasteiger partial charge is 0.423 e.